The second kappa shape index (κ2) is 6.20. The third-order valence-corrected chi connectivity index (χ3v) is 3.69. The highest BCUT2D eigenvalue weighted by atomic mass is 16.3. The van der Waals surface area contributed by atoms with Crippen LogP contribution in [-0.4, -0.2) is 38.5 Å². The summed E-state index contributed by atoms with van der Waals surface area (Å²) in [6.07, 6.45) is 5.76. The Morgan fingerprint density at radius 1 is 1.25 bits per heavy atom. The molecule has 4 nitrogen and oxygen atoms in total. The van der Waals surface area contributed by atoms with Crippen LogP contribution in [0.1, 0.15) is 18.4 Å². The van der Waals surface area contributed by atoms with E-state index >= 15 is 0 Å². The minimum atomic E-state index is -0.376. The van der Waals surface area contributed by atoms with E-state index in [0.29, 0.717) is 19.1 Å². The highest BCUT2D eigenvalue weighted by Gasteiger charge is 2.30. The number of aliphatic hydroxyl groups excluding tert-OH is 1. The molecule has 0 saturated heterocycles. The summed E-state index contributed by atoms with van der Waals surface area (Å²) in [4.78, 5) is 2.39. The zero-order chi connectivity index (χ0) is 13.8. The predicted octanol–water partition coefficient (Wildman–Crippen LogP) is 1.91. The molecule has 1 aliphatic rings. The van der Waals surface area contributed by atoms with Gasteiger partial charge in [-0.2, -0.15) is 5.10 Å². The Morgan fingerprint density at radius 2 is 2.05 bits per heavy atom. The molecule has 1 unspecified atom stereocenters. The summed E-state index contributed by atoms with van der Waals surface area (Å²) < 4.78 is 1.79. The van der Waals surface area contributed by atoms with Crippen LogP contribution in [0, 0.1) is 0 Å². The molecule has 1 fully saturated rings. The van der Waals surface area contributed by atoms with Gasteiger partial charge in [0.2, 0.25) is 0 Å². The molecule has 1 aromatic carbocycles. The predicted molar refractivity (Wildman–Crippen MR) is 78.1 cm³/mol. The Labute approximate surface area is 119 Å². The van der Waals surface area contributed by atoms with Crippen LogP contribution in [-0.2, 0) is 13.1 Å². The van der Waals surface area contributed by atoms with E-state index < -0.39 is 0 Å². The Morgan fingerprint density at radius 3 is 2.70 bits per heavy atom. The average molecular weight is 271 g/mol. The Hall–Kier alpha value is -1.65. The zero-order valence-corrected chi connectivity index (χ0v) is 11.6. The number of hydrogen-bond donors (Lipinski definition) is 1. The van der Waals surface area contributed by atoms with E-state index in [1.54, 1.807) is 10.9 Å². The van der Waals surface area contributed by atoms with Crippen LogP contribution in [0.5, 0.6) is 0 Å². The molecule has 20 heavy (non-hydrogen) atoms. The van der Waals surface area contributed by atoms with Crippen molar-refractivity contribution in [3.05, 3.63) is 54.4 Å². The van der Waals surface area contributed by atoms with Gasteiger partial charge in [0.15, 0.2) is 0 Å². The van der Waals surface area contributed by atoms with Gasteiger partial charge in [-0.25, -0.2) is 0 Å². The molecule has 1 heterocycles. The summed E-state index contributed by atoms with van der Waals surface area (Å²) >= 11 is 0. The van der Waals surface area contributed by atoms with E-state index in [1.807, 2.05) is 18.3 Å². The fourth-order valence-electron chi connectivity index (χ4n) is 2.55. The molecule has 0 aliphatic heterocycles. The molecule has 1 aromatic heterocycles. The molecule has 0 spiro atoms. The van der Waals surface area contributed by atoms with Crippen molar-refractivity contribution in [2.45, 2.75) is 38.1 Å². The number of benzene rings is 1. The summed E-state index contributed by atoms with van der Waals surface area (Å²) in [6.45, 7) is 2.19. The van der Waals surface area contributed by atoms with Crippen molar-refractivity contribution in [3.63, 3.8) is 0 Å². The number of hydrogen-bond acceptors (Lipinski definition) is 3. The number of nitrogens with zero attached hydrogens (tertiary/aromatic N) is 3. The van der Waals surface area contributed by atoms with Crippen LogP contribution < -0.4 is 0 Å². The van der Waals surface area contributed by atoms with Crippen molar-refractivity contribution >= 4 is 0 Å². The van der Waals surface area contributed by atoms with Gasteiger partial charge >= 0.3 is 0 Å². The minimum Gasteiger partial charge on any atom is -0.390 e. The minimum absolute atomic E-state index is 0.376. The normalized spacial score (nSPS) is 16.5. The summed E-state index contributed by atoms with van der Waals surface area (Å²) in [5.41, 5.74) is 1.31. The molecule has 1 aliphatic carbocycles. The van der Waals surface area contributed by atoms with Crippen molar-refractivity contribution < 1.29 is 5.11 Å². The van der Waals surface area contributed by atoms with Gasteiger partial charge in [0.1, 0.15) is 0 Å². The summed E-state index contributed by atoms with van der Waals surface area (Å²) in [5, 5.41) is 14.4. The van der Waals surface area contributed by atoms with Crippen LogP contribution in [0.15, 0.2) is 48.8 Å². The highest BCUT2D eigenvalue weighted by molar-refractivity contribution is 5.15. The Balaban J connectivity index is 1.57. The van der Waals surface area contributed by atoms with E-state index in [-0.39, 0.29) is 6.10 Å². The van der Waals surface area contributed by atoms with Crippen LogP contribution in [0.4, 0.5) is 0 Å². The molecule has 0 amide bonds. The smallest absolute Gasteiger partial charge is 0.0862 e. The van der Waals surface area contributed by atoms with Crippen molar-refractivity contribution in [2.75, 3.05) is 6.54 Å². The van der Waals surface area contributed by atoms with Crippen LogP contribution in [0.3, 0.4) is 0 Å². The molecule has 3 rings (SSSR count). The first-order valence-electron chi connectivity index (χ1n) is 7.25. The molecular formula is C16H21N3O. The van der Waals surface area contributed by atoms with Gasteiger partial charge in [0.05, 0.1) is 12.6 Å². The van der Waals surface area contributed by atoms with Gasteiger partial charge in [0, 0.05) is 31.5 Å². The lowest BCUT2D eigenvalue weighted by Gasteiger charge is -2.25. The van der Waals surface area contributed by atoms with E-state index in [1.165, 1.54) is 18.4 Å². The zero-order valence-electron chi connectivity index (χ0n) is 11.6. The standard InChI is InChI=1S/C16H21N3O/c20-16(13-19-10-4-9-17-19)12-18(15-7-8-15)11-14-5-2-1-3-6-14/h1-6,9-10,15-16,20H,7-8,11-13H2. The third-order valence-electron chi connectivity index (χ3n) is 3.69. The lowest BCUT2D eigenvalue weighted by Crippen LogP contribution is -2.36. The number of aromatic nitrogens is 2. The van der Waals surface area contributed by atoms with E-state index in [0.717, 1.165) is 6.54 Å². The molecule has 1 saturated carbocycles. The second-order valence-electron chi connectivity index (χ2n) is 5.53. The SMILES string of the molecule is OC(CN(Cc1ccccc1)C1CC1)Cn1cccn1. The maximum absolute atomic E-state index is 10.2. The van der Waals surface area contributed by atoms with Gasteiger partial charge in [-0.15, -0.1) is 0 Å². The fraction of sp³-hybridized carbons (Fsp3) is 0.438. The summed E-state index contributed by atoms with van der Waals surface area (Å²) in [7, 11) is 0. The van der Waals surface area contributed by atoms with Gasteiger partial charge in [-0.05, 0) is 24.5 Å². The molecular weight excluding hydrogens is 250 g/mol. The van der Waals surface area contributed by atoms with Gasteiger partial charge in [-0.1, -0.05) is 30.3 Å². The van der Waals surface area contributed by atoms with Crippen molar-refractivity contribution in [1.29, 1.82) is 0 Å². The van der Waals surface area contributed by atoms with Crippen LogP contribution in [0.2, 0.25) is 0 Å². The average Bonchev–Trinajstić information content (AvgIpc) is 3.18. The second-order valence-corrected chi connectivity index (χ2v) is 5.53. The van der Waals surface area contributed by atoms with Crippen LogP contribution in [0.25, 0.3) is 0 Å². The third kappa shape index (κ3) is 3.68. The lowest BCUT2D eigenvalue weighted by molar-refractivity contribution is 0.0875. The van der Waals surface area contributed by atoms with E-state index in [9.17, 15) is 5.11 Å². The van der Waals surface area contributed by atoms with Gasteiger partial charge in [0.25, 0.3) is 0 Å². The van der Waals surface area contributed by atoms with Gasteiger partial charge < -0.3 is 5.11 Å². The maximum atomic E-state index is 10.2. The molecule has 1 N–H and O–H groups in total. The van der Waals surface area contributed by atoms with Crippen LogP contribution >= 0.6 is 0 Å². The highest BCUT2D eigenvalue weighted by Crippen LogP contribution is 2.28. The fourth-order valence-corrected chi connectivity index (χ4v) is 2.55. The topological polar surface area (TPSA) is 41.3 Å². The molecule has 0 radical (unpaired) electrons. The van der Waals surface area contributed by atoms with Crippen molar-refractivity contribution in [1.82, 2.24) is 14.7 Å². The molecule has 106 valence electrons. The molecule has 0 bridgehead atoms. The monoisotopic (exact) mass is 271 g/mol. The summed E-state index contributed by atoms with van der Waals surface area (Å²) in [6, 6.07) is 13.0. The Bertz CT molecular complexity index is 508. The quantitative estimate of drug-likeness (QED) is 0.836. The lowest BCUT2D eigenvalue weighted by atomic mass is 10.2. The largest absolute Gasteiger partial charge is 0.390 e. The first-order valence-corrected chi connectivity index (χ1v) is 7.25. The number of rotatable bonds is 7. The maximum Gasteiger partial charge on any atom is 0.0862 e. The van der Waals surface area contributed by atoms with Gasteiger partial charge in [-0.3, -0.25) is 9.58 Å². The molecule has 2 aromatic rings. The molecule has 1 atom stereocenters. The van der Waals surface area contributed by atoms with E-state index in [4.69, 9.17) is 0 Å². The first kappa shape index (κ1) is 13.3. The molecule has 4 heteroatoms. The summed E-state index contributed by atoms with van der Waals surface area (Å²) in [5.74, 6) is 0. The first-order chi connectivity index (χ1) is 9.81. The Kier molecular flexibility index (Phi) is 4.14. The van der Waals surface area contributed by atoms with E-state index in [2.05, 4.69) is 34.3 Å². The van der Waals surface area contributed by atoms with Crippen molar-refractivity contribution in [3.8, 4) is 0 Å². The number of aliphatic hydroxyl groups is 1. The van der Waals surface area contributed by atoms with Crippen molar-refractivity contribution in [2.24, 2.45) is 0 Å².